The van der Waals surface area contributed by atoms with Crippen molar-refractivity contribution >= 4 is 24.1 Å². The largest absolute Gasteiger partial charge is 0.468 e. The Balaban J connectivity index is 1.68. The van der Waals surface area contributed by atoms with Crippen LogP contribution in [0.1, 0.15) is 45.6 Å². The summed E-state index contributed by atoms with van der Waals surface area (Å²) in [4.78, 5) is 52.3. The van der Waals surface area contributed by atoms with Crippen molar-refractivity contribution in [3.63, 3.8) is 0 Å². The predicted octanol–water partition coefficient (Wildman–Crippen LogP) is 1.98. The number of hydrogen-bond acceptors (Lipinski definition) is 9. The molecule has 2 saturated heterocycles. The molecule has 2 heterocycles. The minimum atomic E-state index is -1.04. The molecule has 0 unspecified atom stereocenters. The maximum atomic E-state index is 13.5. The van der Waals surface area contributed by atoms with Gasteiger partial charge in [0.25, 0.3) is 5.91 Å². The van der Waals surface area contributed by atoms with Crippen LogP contribution in [-0.2, 0) is 35.1 Å². The average molecular weight is 535 g/mol. The molecule has 12 nitrogen and oxygen atoms in total. The predicted molar refractivity (Wildman–Crippen MR) is 136 cm³/mol. The lowest BCUT2D eigenvalue weighted by Crippen LogP contribution is -2.61. The molecule has 2 fully saturated rings. The van der Waals surface area contributed by atoms with Crippen LogP contribution >= 0.6 is 0 Å². The van der Waals surface area contributed by atoms with Crippen molar-refractivity contribution in [2.45, 2.75) is 70.4 Å². The lowest BCUT2D eigenvalue weighted by Gasteiger charge is -2.37. The minimum Gasteiger partial charge on any atom is -0.468 e. The highest BCUT2D eigenvalue weighted by Crippen LogP contribution is 2.18. The van der Waals surface area contributed by atoms with Gasteiger partial charge in [-0.3, -0.25) is 14.6 Å². The van der Waals surface area contributed by atoms with Crippen LogP contribution in [-0.4, -0.2) is 91.1 Å². The molecule has 0 bridgehead atoms. The number of morpholine rings is 1. The van der Waals surface area contributed by atoms with Gasteiger partial charge in [0.1, 0.15) is 24.3 Å². The monoisotopic (exact) mass is 534 g/mol. The Morgan fingerprint density at radius 1 is 1.16 bits per heavy atom. The first kappa shape index (κ1) is 29.2. The standard InChI is InChI=1S/C26H38N4O8/c1-26(2,3)38-25(34)29-13-14-36-19(16-29)15-21(27-24(33)37-17-18-9-6-5-7-10-18)22(31)30-12-8-11-20(28-30)23(32)35-4/h5-7,9-10,19-21,28H,8,11-17H2,1-4H3,(H,27,33)/t19-,20-,21-/m0/s1. The molecule has 0 radical (unpaired) electrons. The maximum absolute atomic E-state index is 13.5. The highest BCUT2D eigenvalue weighted by atomic mass is 16.6. The third-order valence-electron chi connectivity index (χ3n) is 6.03. The summed E-state index contributed by atoms with van der Waals surface area (Å²) in [6.45, 7) is 6.55. The van der Waals surface area contributed by atoms with Gasteiger partial charge in [-0.15, -0.1) is 0 Å². The number of carbonyl (C=O) groups is 4. The fourth-order valence-corrected chi connectivity index (χ4v) is 4.19. The van der Waals surface area contributed by atoms with E-state index in [1.54, 1.807) is 20.8 Å². The zero-order chi connectivity index (χ0) is 27.7. The van der Waals surface area contributed by atoms with E-state index in [9.17, 15) is 19.2 Å². The molecule has 2 aliphatic heterocycles. The molecule has 1 aromatic carbocycles. The molecule has 2 aliphatic rings. The number of alkyl carbamates (subject to hydrolysis) is 1. The molecule has 2 N–H and O–H groups in total. The van der Waals surface area contributed by atoms with Crippen LogP contribution in [0.5, 0.6) is 0 Å². The first-order chi connectivity index (χ1) is 18.1. The molecule has 210 valence electrons. The summed E-state index contributed by atoms with van der Waals surface area (Å²) in [6.07, 6.45) is -0.600. The third kappa shape index (κ3) is 8.88. The third-order valence-corrected chi connectivity index (χ3v) is 6.03. The van der Waals surface area contributed by atoms with Gasteiger partial charge in [0, 0.05) is 19.5 Å². The fraction of sp³-hybridized carbons (Fsp3) is 0.615. The van der Waals surface area contributed by atoms with E-state index in [0.717, 1.165) is 5.56 Å². The number of esters is 1. The van der Waals surface area contributed by atoms with Crippen LogP contribution < -0.4 is 10.7 Å². The van der Waals surface area contributed by atoms with Crippen LogP contribution in [0.3, 0.4) is 0 Å². The van der Waals surface area contributed by atoms with Gasteiger partial charge in [-0.05, 0) is 39.2 Å². The van der Waals surface area contributed by atoms with Gasteiger partial charge in [0.15, 0.2) is 0 Å². The first-order valence-corrected chi connectivity index (χ1v) is 12.8. The van der Waals surface area contributed by atoms with Crippen molar-refractivity contribution in [3.05, 3.63) is 35.9 Å². The number of hydrazine groups is 1. The molecule has 0 saturated carbocycles. The Bertz CT molecular complexity index is 968. The van der Waals surface area contributed by atoms with Crippen molar-refractivity contribution < 1.29 is 38.1 Å². The van der Waals surface area contributed by atoms with E-state index >= 15 is 0 Å². The van der Waals surface area contributed by atoms with Crippen molar-refractivity contribution in [2.75, 3.05) is 33.4 Å². The van der Waals surface area contributed by atoms with Crippen LogP contribution in [0, 0.1) is 0 Å². The lowest BCUT2D eigenvalue weighted by molar-refractivity contribution is -0.150. The molecule has 38 heavy (non-hydrogen) atoms. The van der Waals surface area contributed by atoms with Gasteiger partial charge in [0.05, 0.1) is 26.4 Å². The number of methoxy groups -OCH3 is 1. The van der Waals surface area contributed by atoms with Crippen molar-refractivity contribution in [3.8, 4) is 0 Å². The molecule has 3 rings (SSSR count). The number of rotatable bonds is 7. The van der Waals surface area contributed by atoms with Crippen molar-refractivity contribution in [2.24, 2.45) is 0 Å². The summed E-state index contributed by atoms with van der Waals surface area (Å²) in [6, 6.07) is 7.46. The van der Waals surface area contributed by atoms with Gasteiger partial charge in [-0.1, -0.05) is 30.3 Å². The van der Waals surface area contributed by atoms with E-state index in [-0.39, 0.29) is 26.2 Å². The Hall–Kier alpha value is -3.38. The molecule has 1 aromatic rings. The van der Waals surface area contributed by atoms with E-state index < -0.39 is 47.9 Å². The summed E-state index contributed by atoms with van der Waals surface area (Å²) in [5, 5.41) is 3.97. The van der Waals surface area contributed by atoms with Gasteiger partial charge in [-0.2, -0.15) is 0 Å². The van der Waals surface area contributed by atoms with Crippen LogP contribution in [0.2, 0.25) is 0 Å². The molecule has 0 spiro atoms. The van der Waals surface area contributed by atoms with Gasteiger partial charge in [-0.25, -0.2) is 15.0 Å². The Morgan fingerprint density at radius 2 is 1.89 bits per heavy atom. The Kier molecular flexibility index (Phi) is 10.3. The second-order valence-corrected chi connectivity index (χ2v) is 10.3. The summed E-state index contributed by atoms with van der Waals surface area (Å²) in [7, 11) is 1.29. The molecule has 3 amide bonds. The number of nitrogens with zero attached hydrogens (tertiary/aromatic N) is 2. The van der Waals surface area contributed by atoms with Gasteiger partial charge in [0.2, 0.25) is 0 Å². The Morgan fingerprint density at radius 3 is 2.58 bits per heavy atom. The summed E-state index contributed by atoms with van der Waals surface area (Å²) < 4.78 is 21.5. The molecule has 0 aliphatic carbocycles. The van der Waals surface area contributed by atoms with Crippen molar-refractivity contribution in [1.29, 1.82) is 0 Å². The topological polar surface area (TPSA) is 136 Å². The van der Waals surface area contributed by atoms with Crippen LogP contribution in [0.15, 0.2) is 30.3 Å². The number of amides is 3. The SMILES string of the molecule is COC(=O)[C@@H]1CCCN(C(=O)[C@H](C[C@H]2CN(C(=O)OC(C)(C)C)CCO2)NC(=O)OCc2ccccc2)N1. The van der Waals surface area contributed by atoms with Crippen LogP contribution in [0.25, 0.3) is 0 Å². The number of hydrogen-bond donors (Lipinski definition) is 2. The van der Waals surface area contributed by atoms with Gasteiger partial charge < -0.3 is 29.2 Å². The quantitative estimate of drug-likeness (QED) is 0.397. The van der Waals surface area contributed by atoms with Crippen LogP contribution in [0.4, 0.5) is 9.59 Å². The maximum Gasteiger partial charge on any atom is 0.410 e. The zero-order valence-electron chi connectivity index (χ0n) is 22.4. The molecule has 12 heteroatoms. The van der Waals surface area contributed by atoms with E-state index in [2.05, 4.69) is 10.7 Å². The minimum absolute atomic E-state index is 0.0340. The molecule has 3 atom stereocenters. The number of nitrogens with one attached hydrogen (secondary N) is 2. The van der Waals surface area contributed by atoms with E-state index in [1.165, 1.54) is 17.0 Å². The number of carbonyl (C=O) groups excluding carboxylic acids is 4. The van der Waals surface area contributed by atoms with Gasteiger partial charge >= 0.3 is 18.2 Å². The van der Waals surface area contributed by atoms with Crippen molar-refractivity contribution in [1.82, 2.24) is 20.7 Å². The lowest BCUT2D eigenvalue weighted by atomic mass is 10.1. The normalized spacial score (nSPS) is 20.7. The van der Waals surface area contributed by atoms with E-state index in [0.29, 0.717) is 25.9 Å². The van der Waals surface area contributed by atoms with E-state index in [1.807, 2.05) is 30.3 Å². The first-order valence-electron chi connectivity index (χ1n) is 12.8. The number of benzene rings is 1. The van der Waals surface area contributed by atoms with E-state index in [4.69, 9.17) is 18.9 Å². The highest BCUT2D eigenvalue weighted by Gasteiger charge is 2.36. The molecule has 0 aromatic heterocycles. The zero-order valence-corrected chi connectivity index (χ0v) is 22.4. The molecular formula is C26H38N4O8. The smallest absolute Gasteiger partial charge is 0.410 e. The average Bonchev–Trinajstić information content (AvgIpc) is 2.90. The molecular weight excluding hydrogens is 496 g/mol. The summed E-state index contributed by atoms with van der Waals surface area (Å²) in [5.41, 5.74) is 3.05. The highest BCUT2D eigenvalue weighted by molar-refractivity contribution is 5.86. The summed E-state index contributed by atoms with van der Waals surface area (Å²) >= 11 is 0. The number of ether oxygens (including phenoxy) is 4. The second kappa shape index (κ2) is 13.4. The fourth-order valence-electron chi connectivity index (χ4n) is 4.19. The Labute approximate surface area is 222 Å². The second-order valence-electron chi connectivity index (χ2n) is 10.3. The summed E-state index contributed by atoms with van der Waals surface area (Å²) in [5.74, 6) is -0.925.